The molecule has 0 aliphatic rings. The molecule has 0 spiro atoms. The lowest BCUT2D eigenvalue weighted by Crippen LogP contribution is -2.08. The molecule has 0 saturated heterocycles. The Morgan fingerprint density at radius 2 is 2.00 bits per heavy atom. The second kappa shape index (κ2) is 5.14. The highest BCUT2D eigenvalue weighted by Crippen LogP contribution is 2.29. The van der Waals surface area contributed by atoms with Gasteiger partial charge in [0, 0.05) is 6.42 Å². The fraction of sp³-hybridized carbons (Fsp3) is 0.333. The number of allylic oxidation sites excluding steroid dienone is 1. The summed E-state index contributed by atoms with van der Waals surface area (Å²) in [5.74, 6) is 0. The Kier molecular flexibility index (Phi) is 4.10. The van der Waals surface area contributed by atoms with Gasteiger partial charge in [0.2, 0.25) is 0 Å². The smallest absolute Gasteiger partial charge is 0.247 e. The molecule has 0 nitrogen and oxygen atoms in total. The Morgan fingerprint density at radius 1 is 1.31 bits per heavy atom. The molecular formula is C12H11F4. The van der Waals surface area contributed by atoms with Gasteiger partial charge in [0.15, 0.2) is 0 Å². The normalized spacial score (nSPS) is 13.5. The number of benzene rings is 1. The topological polar surface area (TPSA) is 0 Å². The van der Waals surface area contributed by atoms with E-state index in [1.807, 2.05) is 0 Å². The molecule has 16 heavy (non-hydrogen) atoms. The van der Waals surface area contributed by atoms with Crippen LogP contribution in [0.4, 0.5) is 17.6 Å². The van der Waals surface area contributed by atoms with Crippen molar-refractivity contribution in [2.45, 2.75) is 25.2 Å². The Bertz CT molecular complexity index is 354. The summed E-state index contributed by atoms with van der Waals surface area (Å²) in [6.07, 6.45) is -4.48. The van der Waals surface area contributed by atoms with Gasteiger partial charge in [-0.3, -0.25) is 0 Å². The van der Waals surface area contributed by atoms with Gasteiger partial charge >= 0.3 is 6.18 Å². The summed E-state index contributed by atoms with van der Waals surface area (Å²) >= 11 is 0. The van der Waals surface area contributed by atoms with Gasteiger partial charge in [-0.25, -0.2) is 4.39 Å². The first-order valence-corrected chi connectivity index (χ1v) is 4.77. The molecule has 0 fully saturated rings. The highest BCUT2D eigenvalue weighted by molar-refractivity contribution is 5.26. The number of alkyl halides is 4. The zero-order valence-corrected chi connectivity index (χ0v) is 8.47. The van der Waals surface area contributed by atoms with E-state index in [9.17, 15) is 17.6 Å². The standard InChI is InChI=1S/C12H11F4/c1-2-4-11(13)8-9-5-3-6-10(7-9)12(14,15)16/h1-3,5-7,11H,4,8H2. The molecule has 0 N–H and O–H groups in total. The molecule has 1 radical (unpaired) electrons. The first-order valence-electron chi connectivity index (χ1n) is 4.77. The van der Waals surface area contributed by atoms with Gasteiger partial charge in [-0.1, -0.05) is 30.9 Å². The quantitative estimate of drug-likeness (QED) is 0.688. The molecule has 4 heteroatoms. The number of hydrogen-bond acceptors (Lipinski definition) is 0. The lowest BCUT2D eigenvalue weighted by molar-refractivity contribution is -0.137. The van der Waals surface area contributed by atoms with Crippen LogP contribution in [0.1, 0.15) is 17.5 Å². The molecule has 1 unspecified atom stereocenters. The maximum atomic E-state index is 13.1. The molecular weight excluding hydrogens is 220 g/mol. The largest absolute Gasteiger partial charge is 0.416 e. The first kappa shape index (κ1) is 12.7. The summed E-state index contributed by atoms with van der Waals surface area (Å²) < 4.78 is 50.1. The van der Waals surface area contributed by atoms with E-state index in [-0.39, 0.29) is 12.8 Å². The minimum absolute atomic E-state index is 0.0379. The highest BCUT2D eigenvalue weighted by Gasteiger charge is 2.30. The highest BCUT2D eigenvalue weighted by atomic mass is 19.4. The maximum absolute atomic E-state index is 13.1. The molecule has 1 rings (SSSR count). The summed E-state index contributed by atoms with van der Waals surface area (Å²) in [4.78, 5) is 0. The molecule has 0 amide bonds. The number of halogens is 4. The lowest BCUT2D eigenvalue weighted by atomic mass is 10.0. The Morgan fingerprint density at radius 3 is 2.56 bits per heavy atom. The molecule has 0 heterocycles. The minimum atomic E-state index is -4.39. The minimum Gasteiger partial charge on any atom is -0.247 e. The second-order valence-electron chi connectivity index (χ2n) is 3.47. The lowest BCUT2D eigenvalue weighted by Gasteiger charge is -2.10. The van der Waals surface area contributed by atoms with Gasteiger partial charge < -0.3 is 0 Å². The number of hydrogen-bond donors (Lipinski definition) is 0. The fourth-order valence-electron chi connectivity index (χ4n) is 1.36. The van der Waals surface area contributed by atoms with E-state index in [2.05, 4.69) is 0 Å². The van der Waals surface area contributed by atoms with Crippen molar-refractivity contribution in [3.8, 4) is 0 Å². The monoisotopic (exact) mass is 231 g/mol. The third-order valence-electron chi connectivity index (χ3n) is 2.10. The predicted molar refractivity (Wildman–Crippen MR) is 53.5 cm³/mol. The molecule has 0 saturated carbocycles. The van der Waals surface area contributed by atoms with Crippen LogP contribution in [0.25, 0.3) is 0 Å². The zero-order valence-electron chi connectivity index (χ0n) is 8.47. The van der Waals surface area contributed by atoms with Gasteiger partial charge in [-0.2, -0.15) is 13.2 Å². The first-order chi connectivity index (χ1) is 7.43. The average molecular weight is 231 g/mol. The van der Waals surface area contributed by atoms with Crippen LogP contribution in [-0.2, 0) is 12.6 Å². The van der Waals surface area contributed by atoms with E-state index in [1.165, 1.54) is 12.1 Å². The van der Waals surface area contributed by atoms with Gasteiger partial charge in [-0.05, 0) is 18.1 Å². The van der Waals surface area contributed by atoms with Crippen LogP contribution < -0.4 is 0 Å². The van der Waals surface area contributed by atoms with E-state index in [0.29, 0.717) is 5.56 Å². The van der Waals surface area contributed by atoms with Crippen molar-refractivity contribution < 1.29 is 17.6 Å². The Balaban J connectivity index is 2.79. The fourth-order valence-corrected chi connectivity index (χ4v) is 1.36. The van der Waals surface area contributed by atoms with Crippen molar-refractivity contribution in [1.29, 1.82) is 0 Å². The third kappa shape index (κ3) is 3.68. The summed E-state index contributed by atoms with van der Waals surface area (Å²) in [5, 5.41) is 0. The van der Waals surface area contributed by atoms with E-state index in [4.69, 9.17) is 6.58 Å². The molecule has 1 aromatic carbocycles. The van der Waals surface area contributed by atoms with Crippen LogP contribution in [0.2, 0.25) is 0 Å². The molecule has 0 aliphatic heterocycles. The predicted octanol–water partition coefficient (Wildman–Crippen LogP) is 3.97. The van der Waals surface area contributed by atoms with Gasteiger partial charge in [-0.15, -0.1) is 0 Å². The molecule has 1 atom stereocenters. The van der Waals surface area contributed by atoms with Crippen molar-refractivity contribution in [2.24, 2.45) is 0 Å². The van der Waals surface area contributed by atoms with Gasteiger partial charge in [0.25, 0.3) is 0 Å². The van der Waals surface area contributed by atoms with Crippen LogP contribution in [0.3, 0.4) is 0 Å². The van der Waals surface area contributed by atoms with E-state index < -0.39 is 17.9 Å². The van der Waals surface area contributed by atoms with E-state index in [1.54, 1.807) is 0 Å². The molecule has 0 bridgehead atoms. The van der Waals surface area contributed by atoms with Crippen LogP contribution in [0.15, 0.2) is 30.3 Å². The van der Waals surface area contributed by atoms with Crippen molar-refractivity contribution in [2.75, 3.05) is 0 Å². The molecule has 0 aliphatic carbocycles. The Hall–Kier alpha value is -1.32. The van der Waals surface area contributed by atoms with Crippen molar-refractivity contribution in [1.82, 2.24) is 0 Å². The van der Waals surface area contributed by atoms with Crippen molar-refractivity contribution >= 4 is 0 Å². The zero-order chi connectivity index (χ0) is 12.2. The van der Waals surface area contributed by atoms with Crippen molar-refractivity contribution in [3.05, 3.63) is 48.0 Å². The van der Waals surface area contributed by atoms with E-state index >= 15 is 0 Å². The van der Waals surface area contributed by atoms with Gasteiger partial charge in [0.05, 0.1) is 5.56 Å². The van der Waals surface area contributed by atoms with Crippen LogP contribution in [-0.4, -0.2) is 6.17 Å². The summed E-state index contributed by atoms with van der Waals surface area (Å²) in [6, 6.07) is 4.67. The van der Waals surface area contributed by atoms with Crippen molar-refractivity contribution in [3.63, 3.8) is 0 Å². The average Bonchev–Trinajstić information content (AvgIpc) is 2.17. The van der Waals surface area contributed by atoms with E-state index in [0.717, 1.165) is 18.2 Å². The summed E-state index contributed by atoms with van der Waals surface area (Å²) in [5.41, 5.74) is -0.432. The van der Waals surface area contributed by atoms with Crippen LogP contribution in [0, 0.1) is 6.58 Å². The molecule has 0 aromatic heterocycles. The SMILES string of the molecule is [CH]=CCC(F)Cc1cccc(C(F)(F)F)c1. The van der Waals surface area contributed by atoms with Crippen LogP contribution in [0.5, 0.6) is 0 Å². The summed E-state index contributed by atoms with van der Waals surface area (Å²) in [7, 11) is 0. The second-order valence-corrected chi connectivity index (χ2v) is 3.47. The third-order valence-corrected chi connectivity index (χ3v) is 2.10. The Labute approximate surface area is 91.6 Å². The van der Waals surface area contributed by atoms with Crippen LogP contribution >= 0.6 is 0 Å². The summed E-state index contributed by atoms with van der Waals surface area (Å²) in [6.45, 7) is 5.04. The molecule has 87 valence electrons. The van der Waals surface area contributed by atoms with Gasteiger partial charge in [0.1, 0.15) is 6.17 Å². The maximum Gasteiger partial charge on any atom is 0.416 e. The molecule has 1 aromatic rings. The number of rotatable bonds is 4.